The topological polar surface area (TPSA) is 30.8 Å². The fourth-order valence-electron chi connectivity index (χ4n) is 0.700. The third-order valence-corrected chi connectivity index (χ3v) is 2.79. The van der Waals surface area contributed by atoms with Gasteiger partial charge >= 0.3 is 0 Å². The molecule has 0 fully saturated rings. The van der Waals surface area contributed by atoms with Crippen molar-refractivity contribution >= 4 is 22.3 Å². The van der Waals surface area contributed by atoms with E-state index in [0.29, 0.717) is 5.76 Å². The van der Waals surface area contributed by atoms with Crippen LogP contribution in [0.25, 0.3) is 0 Å². The summed E-state index contributed by atoms with van der Waals surface area (Å²) in [6, 6.07) is 0. The molecule has 5 heteroatoms. The first-order chi connectivity index (χ1) is 6.51. The molecule has 0 spiro atoms. The smallest absolute Gasteiger partial charge is 0.278 e. The fraction of sp³-hybridized carbons (Fsp3) is 0.700. The molecule has 3 nitrogen and oxygen atoms in total. The number of allylic oxidation sites excluding steroid dienone is 1. The molecule has 0 heterocycles. The number of oxime groups is 1. The van der Waals surface area contributed by atoms with Gasteiger partial charge in [0, 0.05) is 0 Å². The molecule has 88 valence electrons. The molecular formula is C10H23NO2Si2. The molecule has 0 aliphatic carbocycles. The average Bonchev–Trinajstić information content (AvgIpc) is 1.95. The lowest BCUT2D eigenvalue weighted by molar-refractivity contribution is 0.331. The van der Waals surface area contributed by atoms with Crippen LogP contribution in [0.2, 0.25) is 39.3 Å². The van der Waals surface area contributed by atoms with Gasteiger partial charge in [-0.2, -0.15) is 0 Å². The Morgan fingerprint density at radius 1 is 1.00 bits per heavy atom. The summed E-state index contributed by atoms with van der Waals surface area (Å²) in [5.74, 6) is 0.632. The first kappa shape index (κ1) is 14.4. The SMILES string of the molecule is C=C(O[Si](C)(C)C)/C(C)=N/O[Si](C)(C)C. The first-order valence-electron chi connectivity index (χ1n) is 5.12. The van der Waals surface area contributed by atoms with E-state index in [0.717, 1.165) is 5.71 Å². The van der Waals surface area contributed by atoms with Crippen LogP contribution in [0.5, 0.6) is 0 Å². The van der Waals surface area contributed by atoms with E-state index in [1.54, 1.807) is 0 Å². The van der Waals surface area contributed by atoms with Crippen LogP contribution in [0.4, 0.5) is 0 Å². The van der Waals surface area contributed by atoms with Crippen molar-refractivity contribution in [1.29, 1.82) is 0 Å². The number of rotatable bonds is 5. The highest BCUT2D eigenvalue weighted by atomic mass is 28.4. The van der Waals surface area contributed by atoms with E-state index in [9.17, 15) is 0 Å². The average molecular weight is 245 g/mol. The Balaban J connectivity index is 4.33. The Morgan fingerprint density at radius 3 is 1.80 bits per heavy atom. The highest BCUT2D eigenvalue weighted by molar-refractivity contribution is 6.70. The molecule has 0 aromatic carbocycles. The maximum atomic E-state index is 5.71. The fourth-order valence-corrected chi connectivity index (χ4v) is 2.00. The molecule has 0 bridgehead atoms. The van der Waals surface area contributed by atoms with Crippen LogP contribution in [-0.2, 0) is 8.95 Å². The van der Waals surface area contributed by atoms with Gasteiger partial charge in [0.05, 0.1) is 0 Å². The maximum Gasteiger partial charge on any atom is 0.278 e. The van der Waals surface area contributed by atoms with E-state index in [2.05, 4.69) is 51.0 Å². The quantitative estimate of drug-likeness (QED) is 0.321. The van der Waals surface area contributed by atoms with Crippen molar-refractivity contribution in [3.05, 3.63) is 12.3 Å². The van der Waals surface area contributed by atoms with Crippen molar-refractivity contribution in [2.75, 3.05) is 0 Å². The first-order valence-corrected chi connectivity index (χ1v) is 11.9. The number of hydrogen-bond donors (Lipinski definition) is 0. The van der Waals surface area contributed by atoms with Crippen LogP contribution in [0.15, 0.2) is 17.5 Å². The van der Waals surface area contributed by atoms with Crippen LogP contribution in [-0.4, -0.2) is 22.3 Å². The lowest BCUT2D eigenvalue weighted by Crippen LogP contribution is -2.27. The molecule has 0 atom stereocenters. The Labute approximate surface area is 95.4 Å². The number of hydrogen-bond acceptors (Lipinski definition) is 3. The predicted octanol–water partition coefficient (Wildman–Crippen LogP) is 3.58. The lowest BCUT2D eigenvalue weighted by atomic mass is 10.4. The monoisotopic (exact) mass is 245 g/mol. The van der Waals surface area contributed by atoms with Crippen molar-refractivity contribution < 1.29 is 8.95 Å². The van der Waals surface area contributed by atoms with Gasteiger partial charge in [-0.1, -0.05) is 6.58 Å². The van der Waals surface area contributed by atoms with Crippen molar-refractivity contribution in [3.8, 4) is 0 Å². The zero-order chi connectivity index (χ0) is 12.3. The van der Waals surface area contributed by atoms with Crippen molar-refractivity contribution in [1.82, 2.24) is 0 Å². The van der Waals surface area contributed by atoms with Crippen LogP contribution in [0, 0.1) is 0 Å². The van der Waals surface area contributed by atoms with Gasteiger partial charge in [-0.15, -0.1) is 5.16 Å². The molecule has 15 heavy (non-hydrogen) atoms. The minimum Gasteiger partial charge on any atom is -0.543 e. The van der Waals surface area contributed by atoms with Crippen LogP contribution < -0.4 is 0 Å². The molecule has 0 radical (unpaired) electrons. The zero-order valence-electron chi connectivity index (χ0n) is 11.0. The highest BCUT2D eigenvalue weighted by Gasteiger charge is 2.19. The molecule has 0 saturated heterocycles. The Morgan fingerprint density at radius 2 is 1.47 bits per heavy atom. The lowest BCUT2D eigenvalue weighted by Gasteiger charge is -2.21. The largest absolute Gasteiger partial charge is 0.543 e. The normalized spacial score (nSPS) is 13.7. The summed E-state index contributed by atoms with van der Waals surface area (Å²) < 4.78 is 11.1. The van der Waals surface area contributed by atoms with E-state index >= 15 is 0 Å². The second-order valence-corrected chi connectivity index (χ2v) is 14.4. The minimum atomic E-state index is -1.60. The molecule has 0 amide bonds. The summed E-state index contributed by atoms with van der Waals surface area (Å²) in [7, 11) is -3.18. The van der Waals surface area contributed by atoms with Gasteiger partial charge in [-0.25, -0.2) is 0 Å². The zero-order valence-corrected chi connectivity index (χ0v) is 13.0. The summed E-state index contributed by atoms with van der Waals surface area (Å²) in [5, 5.41) is 4.06. The highest BCUT2D eigenvalue weighted by Crippen LogP contribution is 2.11. The minimum absolute atomic E-state index is 0.632. The predicted molar refractivity (Wildman–Crippen MR) is 71.1 cm³/mol. The van der Waals surface area contributed by atoms with Gasteiger partial charge in [0.1, 0.15) is 11.5 Å². The van der Waals surface area contributed by atoms with Gasteiger partial charge in [-0.3, -0.25) is 0 Å². The second kappa shape index (κ2) is 4.98. The molecule has 0 aliphatic rings. The molecule has 0 N–H and O–H groups in total. The number of nitrogens with zero attached hydrogens (tertiary/aromatic N) is 1. The molecule has 0 aliphatic heterocycles. The molecule has 0 aromatic rings. The van der Waals surface area contributed by atoms with Crippen LogP contribution in [0.3, 0.4) is 0 Å². The van der Waals surface area contributed by atoms with E-state index in [-0.39, 0.29) is 0 Å². The van der Waals surface area contributed by atoms with Crippen LogP contribution >= 0.6 is 0 Å². The second-order valence-electron chi connectivity index (χ2n) is 5.52. The molecule has 0 aromatic heterocycles. The molecular weight excluding hydrogens is 222 g/mol. The van der Waals surface area contributed by atoms with Gasteiger partial charge in [0.15, 0.2) is 0 Å². The van der Waals surface area contributed by atoms with Gasteiger partial charge < -0.3 is 8.95 Å². The Bertz CT molecular complexity index is 262. The standard InChI is InChI=1S/C10H23NO2Si2/c1-9(11-13-15(6,7)8)10(2)12-14(3,4)5/h2H2,1,3-8H3/b11-9+. The Hall–Kier alpha value is -0.556. The summed E-state index contributed by atoms with van der Waals surface area (Å²) >= 11 is 0. The van der Waals surface area contributed by atoms with Crippen molar-refractivity contribution in [2.24, 2.45) is 5.16 Å². The van der Waals surface area contributed by atoms with Gasteiger partial charge in [-0.05, 0) is 46.2 Å². The summed E-state index contributed by atoms with van der Waals surface area (Å²) in [4.78, 5) is 0. The van der Waals surface area contributed by atoms with Gasteiger partial charge in [0.25, 0.3) is 8.32 Å². The van der Waals surface area contributed by atoms with Crippen LogP contribution in [0.1, 0.15) is 6.92 Å². The molecule has 0 saturated carbocycles. The van der Waals surface area contributed by atoms with Crippen molar-refractivity contribution in [2.45, 2.75) is 46.2 Å². The summed E-state index contributed by atoms with van der Waals surface area (Å²) in [5.41, 5.74) is 0.736. The molecule has 0 unspecified atom stereocenters. The third-order valence-electron chi connectivity index (χ3n) is 1.29. The summed E-state index contributed by atoms with van der Waals surface area (Å²) in [6.45, 7) is 18.3. The van der Waals surface area contributed by atoms with E-state index in [4.69, 9.17) is 8.95 Å². The van der Waals surface area contributed by atoms with E-state index in [1.807, 2.05) is 6.92 Å². The van der Waals surface area contributed by atoms with E-state index in [1.165, 1.54) is 0 Å². The maximum absolute atomic E-state index is 5.71. The third kappa shape index (κ3) is 8.44. The molecule has 0 rings (SSSR count). The Kier molecular flexibility index (Phi) is 4.80. The van der Waals surface area contributed by atoms with Crippen molar-refractivity contribution in [3.63, 3.8) is 0 Å². The summed E-state index contributed by atoms with van der Waals surface area (Å²) in [6.07, 6.45) is 0. The van der Waals surface area contributed by atoms with Gasteiger partial charge in [0.2, 0.25) is 8.32 Å². The van der Waals surface area contributed by atoms with E-state index < -0.39 is 16.6 Å².